The van der Waals surface area contributed by atoms with Crippen molar-refractivity contribution in [2.45, 2.75) is 12.2 Å². The molecule has 1 N–H and O–H groups in total. The van der Waals surface area contributed by atoms with Crippen molar-refractivity contribution in [1.29, 1.82) is 0 Å². The van der Waals surface area contributed by atoms with Gasteiger partial charge in [0.25, 0.3) is 0 Å². The van der Waals surface area contributed by atoms with E-state index in [0.717, 1.165) is 22.0 Å². The Morgan fingerprint density at radius 3 is 2.58 bits per heavy atom. The molecule has 1 amide bonds. The number of thiazole rings is 1. The maximum absolute atomic E-state index is 13.0. The summed E-state index contributed by atoms with van der Waals surface area (Å²) in [6.07, 6.45) is 0.191. The Balaban J connectivity index is 1.49. The zero-order chi connectivity index (χ0) is 18.4. The van der Waals surface area contributed by atoms with E-state index in [1.165, 1.54) is 23.5 Å². The molecule has 26 heavy (non-hydrogen) atoms. The first-order valence-electron chi connectivity index (χ1n) is 8.00. The third-order valence-electron chi connectivity index (χ3n) is 3.57. The van der Waals surface area contributed by atoms with Gasteiger partial charge in [-0.2, -0.15) is 0 Å². The van der Waals surface area contributed by atoms with Crippen molar-refractivity contribution in [1.82, 2.24) is 4.98 Å². The lowest BCUT2D eigenvalue weighted by Crippen LogP contribution is -2.15. The minimum Gasteiger partial charge on any atom is -0.326 e. The van der Waals surface area contributed by atoms with Crippen molar-refractivity contribution in [3.05, 3.63) is 71.5 Å². The van der Waals surface area contributed by atoms with Gasteiger partial charge in [0.15, 0.2) is 0 Å². The lowest BCUT2D eigenvalue weighted by molar-refractivity contribution is -0.115. The van der Waals surface area contributed by atoms with Gasteiger partial charge in [-0.05, 0) is 36.4 Å². The fourth-order valence-corrected chi connectivity index (χ4v) is 4.25. The van der Waals surface area contributed by atoms with Crippen LogP contribution in [0.5, 0.6) is 0 Å². The number of benzene rings is 2. The Morgan fingerprint density at radius 1 is 1.12 bits per heavy atom. The van der Waals surface area contributed by atoms with Crippen LogP contribution in [0.25, 0.3) is 10.6 Å². The first-order chi connectivity index (χ1) is 12.6. The number of para-hydroxylation sites is 1. The van der Waals surface area contributed by atoms with Gasteiger partial charge in [0.2, 0.25) is 5.91 Å². The number of carbonyl (C=O) groups is 1. The van der Waals surface area contributed by atoms with Crippen molar-refractivity contribution < 1.29 is 13.4 Å². The molecule has 0 saturated heterocycles. The molecule has 0 saturated carbocycles. The number of hydrogen-bond donors (Lipinski definition) is 1. The molecule has 3 rings (SSSR count). The van der Waals surface area contributed by atoms with Crippen LogP contribution in [0.4, 0.5) is 10.1 Å². The second-order valence-corrected chi connectivity index (χ2v) is 8.04. The van der Waals surface area contributed by atoms with Crippen molar-refractivity contribution >= 4 is 33.7 Å². The molecule has 3 aromatic rings. The quantitative estimate of drug-likeness (QED) is 0.659. The molecule has 0 aliphatic carbocycles. The maximum Gasteiger partial charge on any atom is 0.225 e. The van der Waals surface area contributed by atoms with Crippen molar-refractivity contribution in [3.8, 4) is 10.6 Å². The van der Waals surface area contributed by atoms with E-state index in [0.29, 0.717) is 5.75 Å². The van der Waals surface area contributed by atoms with E-state index in [9.17, 15) is 13.4 Å². The molecule has 4 nitrogen and oxygen atoms in total. The van der Waals surface area contributed by atoms with Gasteiger partial charge < -0.3 is 5.32 Å². The van der Waals surface area contributed by atoms with Crippen LogP contribution in [0.1, 0.15) is 12.1 Å². The SMILES string of the molecule is O=C(CCS(=O)Cc1csc(-c2ccc(F)cc2)n1)Nc1ccccc1. The molecule has 1 aromatic heterocycles. The van der Waals surface area contributed by atoms with Crippen LogP contribution in [0.3, 0.4) is 0 Å². The lowest BCUT2D eigenvalue weighted by atomic mass is 10.2. The number of amides is 1. The minimum absolute atomic E-state index is 0.158. The van der Waals surface area contributed by atoms with Gasteiger partial charge in [0.05, 0.1) is 11.4 Å². The average Bonchev–Trinajstić information content (AvgIpc) is 3.10. The Bertz CT molecular complexity index is 895. The Hall–Kier alpha value is -2.38. The fraction of sp³-hybridized carbons (Fsp3) is 0.158. The third-order valence-corrected chi connectivity index (χ3v) is 5.78. The number of carbonyl (C=O) groups excluding carboxylic acids is 1. The molecule has 1 atom stereocenters. The molecule has 0 radical (unpaired) electrons. The standard InChI is InChI=1S/C19H17FN2O2S2/c20-15-8-6-14(7-9-15)19-22-17(12-25-19)13-26(24)11-10-18(23)21-16-4-2-1-3-5-16/h1-9,12H,10-11,13H2,(H,21,23). The van der Waals surface area contributed by atoms with Gasteiger partial charge in [-0.1, -0.05) is 18.2 Å². The monoisotopic (exact) mass is 388 g/mol. The topological polar surface area (TPSA) is 59.1 Å². The predicted octanol–water partition coefficient (Wildman–Crippen LogP) is 4.23. The van der Waals surface area contributed by atoms with E-state index in [-0.39, 0.29) is 23.9 Å². The number of rotatable bonds is 7. The molecule has 0 bridgehead atoms. The molecule has 0 aliphatic rings. The van der Waals surface area contributed by atoms with Gasteiger partial charge in [-0.3, -0.25) is 9.00 Å². The number of hydrogen-bond acceptors (Lipinski definition) is 4. The zero-order valence-corrected chi connectivity index (χ0v) is 15.5. The van der Waals surface area contributed by atoms with E-state index in [4.69, 9.17) is 0 Å². The smallest absolute Gasteiger partial charge is 0.225 e. The molecule has 7 heteroatoms. The zero-order valence-electron chi connectivity index (χ0n) is 13.9. The van der Waals surface area contributed by atoms with Crippen LogP contribution in [0.15, 0.2) is 60.0 Å². The molecular formula is C19H17FN2O2S2. The van der Waals surface area contributed by atoms with Crippen molar-refractivity contribution in [2.75, 3.05) is 11.1 Å². The second kappa shape index (κ2) is 8.82. The second-order valence-electron chi connectivity index (χ2n) is 5.60. The lowest BCUT2D eigenvalue weighted by Gasteiger charge is -2.04. The largest absolute Gasteiger partial charge is 0.326 e. The summed E-state index contributed by atoms with van der Waals surface area (Å²) in [4.78, 5) is 16.3. The van der Waals surface area contributed by atoms with Crippen LogP contribution >= 0.6 is 11.3 Å². The Kier molecular flexibility index (Phi) is 6.25. The Morgan fingerprint density at radius 2 is 1.85 bits per heavy atom. The van der Waals surface area contributed by atoms with Crippen molar-refractivity contribution in [3.63, 3.8) is 0 Å². The molecule has 1 heterocycles. The average molecular weight is 388 g/mol. The molecule has 0 aliphatic heterocycles. The number of aromatic nitrogens is 1. The first kappa shape index (κ1) is 18.4. The highest BCUT2D eigenvalue weighted by Gasteiger charge is 2.10. The van der Waals surface area contributed by atoms with Gasteiger partial charge in [0.1, 0.15) is 10.8 Å². The van der Waals surface area contributed by atoms with Crippen LogP contribution in [-0.4, -0.2) is 20.9 Å². The van der Waals surface area contributed by atoms with E-state index in [1.807, 2.05) is 23.6 Å². The number of halogens is 1. The minimum atomic E-state index is -1.17. The molecule has 134 valence electrons. The molecule has 2 aromatic carbocycles. The summed E-state index contributed by atoms with van der Waals surface area (Å²) in [5.74, 6) is 0.133. The molecule has 1 unspecified atom stereocenters. The number of anilines is 1. The number of nitrogens with zero attached hydrogens (tertiary/aromatic N) is 1. The summed E-state index contributed by atoms with van der Waals surface area (Å²) in [6.45, 7) is 0. The van der Waals surface area contributed by atoms with E-state index < -0.39 is 10.8 Å². The molecule has 0 spiro atoms. The molecular weight excluding hydrogens is 371 g/mol. The van der Waals surface area contributed by atoms with E-state index in [1.54, 1.807) is 24.3 Å². The van der Waals surface area contributed by atoms with Crippen molar-refractivity contribution in [2.24, 2.45) is 0 Å². The highest BCUT2D eigenvalue weighted by atomic mass is 32.2. The first-order valence-corrected chi connectivity index (χ1v) is 10.4. The highest BCUT2D eigenvalue weighted by molar-refractivity contribution is 7.84. The van der Waals surface area contributed by atoms with Gasteiger partial charge >= 0.3 is 0 Å². The predicted molar refractivity (Wildman–Crippen MR) is 104 cm³/mol. The summed E-state index contributed by atoms with van der Waals surface area (Å²) in [6, 6.07) is 15.3. The van der Waals surface area contributed by atoms with Gasteiger partial charge in [-0.15, -0.1) is 11.3 Å². The third kappa shape index (κ3) is 5.31. The summed E-state index contributed by atoms with van der Waals surface area (Å²) in [5, 5.41) is 5.38. The van der Waals surface area contributed by atoms with Crippen LogP contribution in [-0.2, 0) is 21.3 Å². The van der Waals surface area contributed by atoms with Gasteiger partial charge in [0, 0.05) is 39.6 Å². The van der Waals surface area contributed by atoms with E-state index in [2.05, 4.69) is 10.3 Å². The van der Waals surface area contributed by atoms with Crippen LogP contribution < -0.4 is 5.32 Å². The number of nitrogens with one attached hydrogen (secondary N) is 1. The fourth-order valence-electron chi connectivity index (χ4n) is 2.29. The summed E-state index contributed by atoms with van der Waals surface area (Å²) >= 11 is 1.43. The normalized spacial score (nSPS) is 11.9. The Labute approximate surface area is 157 Å². The summed E-state index contributed by atoms with van der Waals surface area (Å²) < 4.78 is 25.2. The van der Waals surface area contributed by atoms with E-state index >= 15 is 0 Å². The van der Waals surface area contributed by atoms with Crippen LogP contribution in [0.2, 0.25) is 0 Å². The highest BCUT2D eigenvalue weighted by Crippen LogP contribution is 2.24. The molecule has 0 fully saturated rings. The van der Waals surface area contributed by atoms with Gasteiger partial charge in [-0.25, -0.2) is 9.37 Å². The van der Waals surface area contributed by atoms with Crippen LogP contribution in [0, 0.1) is 5.82 Å². The maximum atomic E-state index is 13.0. The summed E-state index contributed by atoms with van der Waals surface area (Å²) in [5.41, 5.74) is 2.28. The summed E-state index contributed by atoms with van der Waals surface area (Å²) in [7, 11) is -1.17.